The average molecular weight is 270 g/mol. The highest BCUT2D eigenvalue weighted by atomic mass is 14.7. The summed E-state index contributed by atoms with van der Waals surface area (Å²) in [6.45, 7) is 2.25. The van der Waals surface area contributed by atoms with Gasteiger partial charge in [-0.05, 0) is 30.2 Å². The van der Waals surface area contributed by atoms with Crippen molar-refractivity contribution >= 4 is 10.9 Å². The van der Waals surface area contributed by atoms with Crippen molar-refractivity contribution in [1.82, 2.24) is 4.98 Å². The van der Waals surface area contributed by atoms with Gasteiger partial charge >= 0.3 is 0 Å². The number of hydrogen-bond donors (Lipinski definition) is 1. The Kier molecular flexibility index (Phi) is 6.00. The lowest BCUT2D eigenvalue weighted by Crippen LogP contribution is -2.10. The van der Waals surface area contributed by atoms with Gasteiger partial charge in [-0.3, -0.25) is 4.98 Å². The molecule has 108 valence electrons. The van der Waals surface area contributed by atoms with Gasteiger partial charge in [-0.2, -0.15) is 0 Å². The van der Waals surface area contributed by atoms with Gasteiger partial charge in [0, 0.05) is 17.6 Å². The molecule has 2 heteroatoms. The van der Waals surface area contributed by atoms with E-state index in [1.807, 2.05) is 12.3 Å². The molecule has 2 nitrogen and oxygen atoms in total. The quantitative estimate of drug-likeness (QED) is 0.687. The number of nitrogens with two attached hydrogens (primary N) is 1. The molecular weight excluding hydrogens is 244 g/mol. The summed E-state index contributed by atoms with van der Waals surface area (Å²) in [6.07, 6.45) is 10.8. The minimum Gasteiger partial charge on any atom is -0.324 e. The Bertz CT molecular complexity index is 522. The maximum Gasteiger partial charge on any atom is 0.0702 e. The van der Waals surface area contributed by atoms with Crippen molar-refractivity contribution in [3.8, 4) is 0 Å². The SMILES string of the molecule is CCCCCCCCC(N)c1ccc2ncccc2c1. The zero-order valence-electron chi connectivity index (χ0n) is 12.5. The van der Waals surface area contributed by atoms with Crippen LogP contribution in [0.15, 0.2) is 36.5 Å². The van der Waals surface area contributed by atoms with E-state index < -0.39 is 0 Å². The van der Waals surface area contributed by atoms with Crippen molar-refractivity contribution in [2.24, 2.45) is 5.73 Å². The van der Waals surface area contributed by atoms with Gasteiger partial charge in [0.2, 0.25) is 0 Å². The van der Waals surface area contributed by atoms with E-state index in [1.165, 1.54) is 49.5 Å². The molecule has 0 spiro atoms. The van der Waals surface area contributed by atoms with Crippen LogP contribution < -0.4 is 5.73 Å². The number of unbranched alkanes of at least 4 members (excludes halogenated alkanes) is 5. The van der Waals surface area contributed by atoms with Crippen LogP contribution in [0.3, 0.4) is 0 Å². The molecule has 1 unspecified atom stereocenters. The number of hydrogen-bond acceptors (Lipinski definition) is 2. The lowest BCUT2D eigenvalue weighted by atomic mass is 9.99. The molecule has 20 heavy (non-hydrogen) atoms. The van der Waals surface area contributed by atoms with E-state index >= 15 is 0 Å². The highest BCUT2D eigenvalue weighted by Gasteiger charge is 2.06. The van der Waals surface area contributed by atoms with Crippen LogP contribution in [0.2, 0.25) is 0 Å². The molecule has 1 heterocycles. The van der Waals surface area contributed by atoms with Gasteiger partial charge in [-0.1, -0.05) is 57.6 Å². The molecule has 1 aromatic carbocycles. The van der Waals surface area contributed by atoms with Gasteiger partial charge in [0.1, 0.15) is 0 Å². The van der Waals surface area contributed by atoms with Crippen LogP contribution in [0.5, 0.6) is 0 Å². The molecule has 2 rings (SSSR count). The molecule has 0 bridgehead atoms. The first-order chi connectivity index (χ1) is 9.81. The van der Waals surface area contributed by atoms with Gasteiger partial charge < -0.3 is 5.73 Å². The van der Waals surface area contributed by atoms with Crippen LogP contribution in [0, 0.1) is 0 Å². The zero-order chi connectivity index (χ0) is 14.2. The molecular formula is C18H26N2. The normalized spacial score (nSPS) is 12.7. The number of aromatic nitrogens is 1. The second-order valence-corrected chi connectivity index (χ2v) is 5.62. The van der Waals surface area contributed by atoms with Gasteiger partial charge in [-0.25, -0.2) is 0 Å². The Hall–Kier alpha value is -1.41. The van der Waals surface area contributed by atoms with Gasteiger partial charge in [0.25, 0.3) is 0 Å². The van der Waals surface area contributed by atoms with Crippen LogP contribution in [0.4, 0.5) is 0 Å². The molecule has 2 aromatic rings. The van der Waals surface area contributed by atoms with Crippen LogP contribution in [-0.4, -0.2) is 4.98 Å². The van der Waals surface area contributed by atoms with Crippen molar-refractivity contribution in [1.29, 1.82) is 0 Å². The molecule has 0 aliphatic carbocycles. The Morgan fingerprint density at radius 2 is 1.85 bits per heavy atom. The van der Waals surface area contributed by atoms with E-state index in [9.17, 15) is 0 Å². The zero-order valence-corrected chi connectivity index (χ0v) is 12.5. The third kappa shape index (κ3) is 4.31. The summed E-state index contributed by atoms with van der Waals surface area (Å²) in [5.41, 5.74) is 8.59. The van der Waals surface area contributed by atoms with Crippen molar-refractivity contribution in [3.63, 3.8) is 0 Å². The predicted molar refractivity (Wildman–Crippen MR) is 86.7 cm³/mol. The molecule has 0 saturated carbocycles. The van der Waals surface area contributed by atoms with Crippen molar-refractivity contribution in [2.75, 3.05) is 0 Å². The molecule has 1 aromatic heterocycles. The summed E-state index contributed by atoms with van der Waals surface area (Å²) in [6, 6.07) is 10.6. The van der Waals surface area contributed by atoms with Gasteiger partial charge in [0.05, 0.1) is 5.52 Å². The summed E-state index contributed by atoms with van der Waals surface area (Å²) >= 11 is 0. The first-order valence-corrected chi connectivity index (χ1v) is 7.91. The molecule has 0 aliphatic rings. The second kappa shape index (κ2) is 8.01. The number of benzene rings is 1. The Labute approximate surface area is 122 Å². The Morgan fingerprint density at radius 1 is 1.05 bits per heavy atom. The molecule has 0 saturated heterocycles. The van der Waals surface area contributed by atoms with Crippen LogP contribution in [0.1, 0.15) is 63.5 Å². The fraction of sp³-hybridized carbons (Fsp3) is 0.500. The maximum atomic E-state index is 6.31. The van der Waals surface area contributed by atoms with Crippen LogP contribution in [-0.2, 0) is 0 Å². The first kappa shape index (κ1) is 15.0. The lowest BCUT2D eigenvalue weighted by molar-refractivity contribution is 0.547. The predicted octanol–water partition coefficient (Wildman–Crippen LogP) is 4.99. The lowest BCUT2D eigenvalue weighted by Gasteiger charge is -2.12. The van der Waals surface area contributed by atoms with Crippen molar-refractivity contribution in [3.05, 3.63) is 42.1 Å². The van der Waals surface area contributed by atoms with E-state index in [0.717, 1.165) is 11.9 Å². The summed E-state index contributed by atoms with van der Waals surface area (Å²) < 4.78 is 0. The first-order valence-electron chi connectivity index (χ1n) is 7.91. The van der Waals surface area contributed by atoms with Gasteiger partial charge in [-0.15, -0.1) is 0 Å². The maximum absolute atomic E-state index is 6.31. The third-order valence-electron chi connectivity index (χ3n) is 3.92. The summed E-state index contributed by atoms with van der Waals surface area (Å²) in [5, 5.41) is 1.18. The van der Waals surface area contributed by atoms with Crippen LogP contribution in [0.25, 0.3) is 10.9 Å². The number of pyridine rings is 1. The minimum atomic E-state index is 0.158. The van der Waals surface area contributed by atoms with E-state index in [-0.39, 0.29) is 6.04 Å². The van der Waals surface area contributed by atoms with E-state index in [4.69, 9.17) is 5.73 Å². The van der Waals surface area contributed by atoms with Crippen molar-refractivity contribution < 1.29 is 0 Å². The highest BCUT2D eigenvalue weighted by molar-refractivity contribution is 5.79. The topological polar surface area (TPSA) is 38.9 Å². The highest BCUT2D eigenvalue weighted by Crippen LogP contribution is 2.21. The number of rotatable bonds is 8. The van der Waals surface area contributed by atoms with Crippen molar-refractivity contribution in [2.45, 2.75) is 57.9 Å². The summed E-state index contributed by atoms with van der Waals surface area (Å²) in [7, 11) is 0. The average Bonchev–Trinajstić information content (AvgIpc) is 2.50. The van der Waals surface area contributed by atoms with E-state index in [2.05, 4.69) is 36.2 Å². The Morgan fingerprint density at radius 3 is 2.70 bits per heavy atom. The minimum absolute atomic E-state index is 0.158. The largest absolute Gasteiger partial charge is 0.324 e. The fourth-order valence-corrected chi connectivity index (χ4v) is 2.64. The molecule has 2 N–H and O–H groups in total. The third-order valence-corrected chi connectivity index (χ3v) is 3.92. The second-order valence-electron chi connectivity index (χ2n) is 5.62. The van der Waals surface area contributed by atoms with E-state index in [1.54, 1.807) is 0 Å². The summed E-state index contributed by atoms with van der Waals surface area (Å²) in [5.74, 6) is 0. The Balaban J connectivity index is 1.83. The van der Waals surface area contributed by atoms with E-state index in [0.29, 0.717) is 0 Å². The molecule has 1 atom stereocenters. The number of fused-ring (bicyclic) bond motifs is 1. The van der Waals surface area contributed by atoms with Crippen LogP contribution >= 0.6 is 0 Å². The molecule has 0 aliphatic heterocycles. The molecule has 0 radical (unpaired) electrons. The van der Waals surface area contributed by atoms with Gasteiger partial charge in [0.15, 0.2) is 0 Å². The number of nitrogens with zero attached hydrogens (tertiary/aromatic N) is 1. The monoisotopic (exact) mass is 270 g/mol. The molecule has 0 fully saturated rings. The smallest absolute Gasteiger partial charge is 0.0702 e. The molecule has 0 amide bonds. The summed E-state index contributed by atoms with van der Waals surface area (Å²) in [4.78, 5) is 4.34. The fourth-order valence-electron chi connectivity index (χ4n) is 2.64. The standard InChI is InChI=1S/C18H26N2/c1-2-3-4-5-6-7-10-17(19)15-11-12-18-16(14-15)9-8-13-20-18/h8-9,11-14,17H,2-7,10,19H2,1H3.